The number of hydrogen-bond donors (Lipinski definition) is 2. The number of rotatable bonds is 3. The molecule has 0 amide bonds. The molecule has 0 heterocycles. The molecule has 3 N–H and O–H groups in total. The summed E-state index contributed by atoms with van der Waals surface area (Å²) in [6, 6.07) is 8.88. The second kappa shape index (κ2) is 4.74. The summed E-state index contributed by atoms with van der Waals surface area (Å²) in [4.78, 5) is 10.9. The van der Waals surface area contributed by atoms with Crippen LogP contribution in [-0.4, -0.2) is 17.1 Å². The molecule has 2 aromatic carbocycles. The minimum atomic E-state index is -1.04. The van der Waals surface area contributed by atoms with Crippen molar-refractivity contribution < 1.29 is 14.3 Å². The number of carboxylic acid groups (broad SMARTS) is 1. The standard InChI is InChI=1S/C14H14FNO2/c1-8(13(16)14(17)18)11-4-2-3-9-7-10(15)5-6-12(9)11/h2-8,13H,16H2,1H3,(H,17,18). The summed E-state index contributed by atoms with van der Waals surface area (Å²) in [5.41, 5.74) is 6.46. The van der Waals surface area contributed by atoms with Gasteiger partial charge in [-0.25, -0.2) is 4.39 Å². The lowest BCUT2D eigenvalue weighted by atomic mass is 9.90. The zero-order valence-electron chi connectivity index (χ0n) is 9.93. The minimum Gasteiger partial charge on any atom is -0.480 e. The first-order valence-electron chi connectivity index (χ1n) is 5.67. The van der Waals surface area contributed by atoms with Crippen LogP contribution in [0.5, 0.6) is 0 Å². The van der Waals surface area contributed by atoms with Crippen molar-refractivity contribution in [2.45, 2.75) is 18.9 Å². The Balaban J connectivity index is 2.54. The molecule has 2 atom stereocenters. The van der Waals surface area contributed by atoms with Crippen LogP contribution in [0.15, 0.2) is 36.4 Å². The van der Waals surface area contributed by atoms with E-state index >= 15 is 0 Å². The van der Waals surface area contributed by atoms with Crippen LogP contribution in [0.3, 0.4) is 0 Å². The van der Waals surface area contributed by atoms with Crippen LogP contribution in [0.4, 0.5) is 4.39 Å². The first-order chi connectivity index (χ1) is 8.50. The van der Waals surface area contributed by atoms with Gasteiger partial charge in [0.25, 0.3) is 0 Å². The predicted molar refractivity (Wildman–Crippen MR) is 67.9 cm³/mol. The Labute approximate surface area is 104 Å². The van der Waals surface area contributed by atoms with Crippen molar-refractivity contribution in [1.82, 2.24) is 0 Å². The lowest BCUT2D eigenvalue weighted by Gasteiger charge is -2.18. The molecule has 0 bridgehead atoms. The lowest BCUT2D eigenvalue weighted by molar-refractivity contribution is -0.138. The summed E-state index contributed by atoms with van der Waals surface area (Å²) in [5, 5.41) is 10.5. The molecule has 0 aliphatic rings. The number of nitrogens with two attached hydrogens (primary N) is 1. The Morgan fingerprint density at radius 1 is 1.33 bits per heavy atom. The fraction of sp³-hybridized carbons (Fsp3) is 0.214. The Kier molecular flexibility index (Phi) is 3.30. The van der Waals surface area contributed by atoms with Crippen LogP contribution in [0, 0.1) is 5.82 Å². The fourth-order valence-electron chi connectivity index (χ4n) is 2.08. The Morgan fingerprint density at radius 3 is 2.72 bits per heavy atom. The second-order valence-electron chi connectivity index (χ2n) is 4.37. The summed E-state index contributed by atoms with van der Waals surface area (Å²) in [6.45, 7) is 1.76. The molecule has 0 fully saturated rings. The number of aliphatic carboxylic acids is 1. The highest BCUT2D eigenvalue weighted by Gasteiger charge is 2.22. The van der Waals surface area contributed by atoms with Gasteiger partial charge in [0.05, 0.1) is 0 Å². The molecule has 0 saturated carbocycles. The van der Waals surface area contributed by atoms with E-state index in [0.717, 1.165) is 16.3 Å². The Bertz CT molecular complexity index is 597. The van der Waals surface area contributed by atoms with Gasteiger partial charge in [-0.05, 0) is 28.5 Å². The Hall–Kier alpha value is -1.94. The third kappa shape index (κ3) is 2.19. The molecule has 0 aliphatic carbocycles. The third-order valence-electron chi connectivity index (χ3n) is 3.19. The quantitative estimate of drug-likeness (QED) is 0.875. The molecule has 3 nitrogen and oxygen atoms in total. The van der Waals surface area contributed by atoms with E-state index in [2.05, 4.69) is 0 Å². The molecule has 2 rings (SSSR count). The molecule has 2 unspecified atom stereocenters. The van der Waals surface area contributed by atoms with Crippen LogP contribution >= 0.6 is 0 Å². The summed E-state index contributed by atoms with van der Waals surface area (Å²) in [6.07, 6.45) is 0. The average Bonchev–Trinajstić information content (AvgIpc) is 2.35. The average molecular weight is 247 g/mol. The van der Waals surface area contributed by atoms with E-state index in [-0.39, 0.29) is 11.7 Å². The van der Waals surface area contributed by atoms with Crippen LogP contribution in [0.25, 0.3) is 10.8 Å². The van der Waals surface area contributed by atoms with Gasteiger partial charge in [0.15, 0.2) is 0 Å². The van der Waals surface area contributed by atoms with Crippen molar-refractivity contribution in [2.75, 3.05) is 0 Å². The van der Waals surface area contributed by atoms with Crippen LogP contribution in [-0.2, 0) is 4.79 Å². The van der Waals surface area contributed by atoms with Gasteiger partial charge >= 0.3 is 5.97 Å². The van der Waals surface area contributed by atoms with Gasteiger partial charge in [-0.2, -0.15) is 0 Å². The van der Waals surface area contributed by atoms with Crippen molar-refractivity contribution in [3.63, 3.8) is 0 Å². The molecule has 0 radical (unpaired) electrons. The molecule has 2 aromatic rings. The monoisotopic (exact) mass is 247 g/mol. The van der Waals surface area contributed by atoms with E-state index in [1.165, 1.54) is 12.1 Å². The van der Waals surface area contributed by atoms with Gasteiger partial charge in [-0.15, -0.1) is 0 Å². The molecular formula is C14H14FNO2. The number of fused-ring (bicyclic) bond motifs is 1. The highest BCUT2D eigenvalue weighted by molar-refractivity contribution is 5.87. The Morgan fingerprint density at radius 2 is 2.06 bits per heavy atom. The smallest absolute Gasteiger partial charge is 0.321 e. The molecule has 0 saturated heterocycles. The molecule has 0 aliphatic heterocycles. The first-order valence-corrected chi connectivity index (χ1v) is 5.67. The number of carbonyl (C=O) groups is 1. The number of benzene rings is 2. The zero-order chi connectivity index (χ0) is 13.3. The summed E-state index contributed by atoms with van der Waals surface area (Å²) < 4.78 is 13.1. The normalized spacial score (nSPS) is 14.4. The lowest BCUT2D eigenvalue weighted by Crippen LogP contribution is -2.35. The minimum absolute atomic E-state index is 0.310. The van der Waals surface area contributed by atoms with Crippen LogP contribution < -0.4 is 5.73 Å². The topological polar surface area (TPSA) is 63.3 Å². The number of hydrogen-bond acceptors (Lipinski definition) is 2. The fourth-order valence-corrected chi connectivity index (χ4v) is 2.08. The zero-order valence-corrected chi connectivity index (χ0v) is 9.93. The molecule has 18 heavy (non-hydrogen) atoms. The van der Waals surface area contributed by atoms with E-state index in [9.17, 15) is 9.18 Å². The van der Waals surface area contributed by atoms with Gasteiger partial charge < -0.3 is 10.8 Å². The SMILES string of the molecule is CC(c1cccc2cc(F)ccc12)C(N)C(=O)O. The first kappa shape index (κ1) is 12.5. The van der Waals surface area contributed by atoms with E-state index in [0.29, 0.717) is 0 Å². The van der Waals surface area contributed by atoms with Crippen LogP contribution in [0.1, 0.15) is 18.4 Å². The second-order valence-corrected chi connectivity index (χ2v) is 4.37. The van der Waals surface area contributed by atoms with Crippen LogP contribution in [0.2, 0.25) is 0 Å². The molecule has 0 spiro atoms. The van der Waals surface area contributed by atoms with Gasteiger partial charge in [0.2, 0.25) is 0 Å². The van der Waals surface area contributed by atoms with Gasteiger partial charge in [-0.1, -0.05) is 31.2 Å². The van der Waals surface area contributed by atoms with E-state index < -0.39 is 12.0 Å². The maximum Gasteiger partial charge on any atom is 0.321 e. The summed E-state index contributed by atoms with van der Waals surface area (Å²) >= 11 is 0. The maximum absolute atomic E-state index is 13.1. The van der Waals surface area contributed by atoms with Crippen molar-refractivity contribution in [3.05, 3.63) is 47.8 Å². The molecular weight excluding hydrogens is 233 g/mol. The molecule has 94 valence electrons. The van der Waals surface area contributed by atoms with Crippen molar-refractivity contribution >= 4 is 16.7 Å². The van der Waals surface area contributed by atoms with Crippen molar-refractivity contribution in [2.24, 2.45) is 5.73 Å². The van der Waals surface area contributed by atoms with Crippen molar-refractivity contribution in [1.29, 1.82) is 0 Å². The maximum atomic E-state index is 13.1. The number of halogens is 1. The van der Waals surface area contributed by atoms with E-state index in [4.69, 9.17) is 10.8 Å². The molecule has 4 heteroatoms. The summed E-state index contributed by atoms with van der Waals surface area (Å²) in [7, 11) is 0. The van der Waals surface area contributed by atoms with E-state index in [1.807, 2.05) is 6.07 Å². The number of carboxylic acids is 1. The van der Waals surface area contributed by atoms with E-state index in [1.54, 1.807) is 25.1 Å². The third-order valence-corrected chi connectivity index (χ3v) is 3.19. The molecule has 0 aromatic heterocycles. The van der Waals surface area contributed by atoms with Gasteiger partial charge in [-0.3, -0.25) is 4.79 Å². The van der Waals surface area contributed by atoms with Crippen molar-refractivity contribution in [3.8, 4) is 0 Å². The van der Waals surface area contributed by atoms with Gasteiger partial charge in [0, 0.05) is 5.92 Å². The summed E-state index contributed by atoms with van der Waals surface area (Å²) in [5.74, 6) is -1.69. The predicted octanol–water partition coefficient (Wildman–Crippen LogP) is 2.49. The highest BCUT2D eigenvalue weighted by Crippen LogP contribution is 2.27. The largest absolute Gasteiger partial charge is 0.480 e. The van der Waals surface area contributed by atoms with Gasteiger partial charge in [0.1, 0.15) is 11.9 Å². The highest BCUT2D eigenvalue weighted by atomic mass is 19.1.